The Labute approximate surface area is 163 Å². The van der Waals surface area contributed by atoms with Gasteiger partial charge in [-0.1, -0.05) is 6.07 Å². The summed E-state index contributed by atoms with van der Waals surface area (Å²) >= 11 is 0. The molecule has 0 saturated carbocycles. The van der Waals surface area contributed by atoms with Crippen LogP contribution in [0.25, 0.3) is 6.08 Å². The van der Waals surface area contributed by atoms with Crippen LogP contribution in [-0.2, 0) is 14.8 Å². The molecule has 0 aliphatic carbocycles. The van der Waals surface area contributed by atoms with Crippen LogP contribution in [0.4, 0.5) is 8.78 Å². The highest BCUT2D eigenvalue weighted by molar-refractivity contribution is 7.88. The van der Waals surface area contributed by atoms with Crippen molar-refractivity contribution in [2.75, 3.05) is 26.5 Å². The lowest BCUT2D eigenvalue weighted by atomic mass is 10.0. The number of methoxy groups -OCH3 is 1. The summed E-state index contributed by atoms with van der Waals surface area (Å²) in [6, 6.07) is 4.15. The molecule has 0 radical (unpaired) electrons. The Kier molecular flexibility index (Phi) is 7.76. The zero-order valence-corrected chi connectivity index (χ0v) is 16.5. The number of rotatable bonds is 8. The van der Waals surface area contributed by atoms with Gasteiger partial charge >= 0.3 is 6.61 Å². The van der Waals surface area contributed by atoms with E-state index in [0.717, 1.165) is 25.5 Å². The first-order valence-corrected chi connectivity index (χ1v) is 10.6. The number of carbonyl (C=O) groups is 1. The predicted molar refractivity (Wildman–Crippen MR) is 101 cm³/mol. The number of carbonyl (C=O) groups excluding carboxylic acids is 1. The van der Waals surface area contributed by atoms with Crippen LogP contribution in [0.15, 0.2) is 24.3 Å². The lowest BCUT2D eigenvalue weighted by Crippen LogP contribution is -2.48. The Morgan fingerprint density at radius 3 is 2.75 bits per heavy atom. The first-order valence-electron chi connectivity index (χ1n) is 8.76. The quantitative estimate of drug-likeness (QED) is 0.655. The highest BCUT2D eigenvalue weighted by Crippen LogP contribution is 2.30. The molecule has 0 spiro atoms. The second kappa shape index (κ2) is 9.83. The molecule has 1 saturated heterocycles. The Balaban J connectivity index is 2.08. The Morgan fingerprint density at radius 2 is 2.11 bits per heavy atom. The van der Waals surface area contributed by atoms with E-state index in [0.29, 0.717) is 12.1 Å². The van der Waals surface area contributed by atoms with Crippen molar-refractivity contribution in [3.05, 3.63) is 29.8 Å². The molecule has 1 heterocycles. The zero-order chi connectivity index (χ0) is 20.7. The summed E-state index contributed by atoms with van der Waals surface area (Å²) in [5, 5.41) is 0. The van der Waals surface area contributed by atoms with Crippen molar-refractivity contribution >= 4 is 22.0 Å². The minimum atomic E-state index is -3.33. The molecule has 1 unspecified atom stereocenters. The summed E-state index contributed by atoms with van der Waals surface area (Å²) in [5.41, 5.74) is 0.578. The molecule has 0 bridgehead atoms. The molecule has 7 nitrogen and oxygen atoms in total. The van der Waals surface area contributed by atoms with Gasteiger partial charge in [-0.3, -0.25) is 4.79 Å². The summed E-state index contributed by atoms with van der Waals surface area (Å²) in [6.07, 6.45) is 6.50. The number of alkyl halides is 2. The SMILES string of the molecule is COc1cc(/C=C/C(=O)N2CCCCC2CNS(C)(=O)=O)ccc1OC(F)F. The average molecular weight is 418 g/mol. The molecule has 1 aliphatic rings. The molecule has 1 aromatic rings. The van der Waals surface area contributed by atoms with E-state index in [9.17, 15) is 22.0 Å². The maximum Gasteiger partial charge on any atom is 0.387 e. The number of hydrogen-bond acceptors (Lipinski definition) is 5. The van der Waals surface area contributed by atoms with Gasteiger partial charge in [-0.05, 0) is 43.0 Å². The van der Waals surface area contributed by atoms with Crippen LogP contribution >= 0.6 is 0 Å². The van der Waals surface area contributed by atoms with Gasteiger partial charge in [0.05, 0.1) is 13.4 Å². The Hall–Kier alpha value is -2.20. The third-order valence-electron chi connectivity index (χ3n) is 4.31. The molecule has 1 atom stereocenters. The molecule has 1 N–H and O–H groups in total. The second-order valence-electron chi connectivity index (χ2n) is 6.42. The van der Waals surface area contributed by atoms with E-state index in [1.54, 1.807) is 11.0 Å². The van der Waals surface area contributed by atoms with E-state index in [1.165, 1.54) is 31.4 Å². The maximum absolute atomic E-state index is 12.6. The predicted octanol–water partition coefficient (Wildman–Crippen LogP) is 2.24. The minimum Gasteiger partial charge on any atom is -0.493 e. The van der Waals surface area contributed by atoms with Gasteiger partial charge in [0, 0.05) is 25.2 Å². The topological polar surface area (TPSA) is 84.9 Å². The van der Waals surface area contributed by atoms with E-state index >= 15 is 0 Å². The van der Waals surface area contributed by atoms with Crippen molar-refractivity contribution < 1.29 is 31.5 Å². The molecule has 0 aromatic heterocycles. The van der Waals surface area contributed by atoms with Gasteiger partial charge in [-0.25, -0.2) is 13.1 Å². The molecule has 1 fully saturated rings. The van der Waals surface area contributed by atoms with E-state index < -0.39 is 16.6 Å². The minimum absolute atomic E-state index is 0.0936. The average Bonchev–Trinajstić information content (AvgIpc) is 2.64. The van der Waals surface area contributed by atoms with Gasteiger partial charge in [0.1, 0.15) is 0 Å². The second-order valence-corrected chi connectivity index (χ2v) is 8.26. The Morgan fingerprint density at radius 1 is 1.36 bits per heavy atom. The number of nitrogens with zero attached hydrogens (tertiary/aromatic N) is 1. The first kappa shape index (κ1) is 22.1. The summed E-state index contributed by atoms with van der Waals surface area (Å²) < 4.78 is 59.3. The van der Waals surface area contributed by atoms with Crippen LogP contribution in [0.3, 0.4) is 0 Å². The number of benzene rings is 1. The monoisotopic (exact) mass is 418 g/mol. The largest absolute Gasteiger partial charge is 0.493 e. The van der Waals surface area contributed by atoms with Crippen LogP contribution in [0.2, 0.25) is 0 Å². The van der Waals surface area contributed by atoms with Crippen LogP contribution in [0, 0.1) is 0 Å². The van der Waals surface area contributed by atoms with Gasteiger partial charge < -0.3 is 14.4 Å². The standard InChI is InChI=1S/C18H24F2N2O5S/c1-26-16-11-13(6-8-15(16)27-18(19)20)7-9-17(23)22-10-4-3-5-14(22)12-21-28(2,24)25/h6-9,11,14,18,21H,3-5,10,12H2,1-2H3/b9-7+. The number of nitrogens with one attached hydrogen (secondary N) is 1. The normalized spacial score (nSPS) is 17.9. The number of amides is 1. The van der Waals surface area contributed by atoms with Gasteiger partial charge in [0.15, 0.2) is 11.5 Å². The van der Waals surface area contributed by atoms with Crippen LogP contribution in [0.5, 0.6) is 11.5 Å². The first-order chi connectivity index (χ1) is 13.2. The van der Waals surface area contributed by atoms with E-state index in [2.05, 4.69) is 9.46 Å². The molecule has 156 valence electrons. The maximum atomic E-state index is 12.6. The molecule has 1 aromatic carbocycles. The lowest BCUT2D eigenvalue weighted by molar-refractivity contribution is -0.129. The fourth-order valence-corrected chi connectivity index (χ4v) is 3.49. The molecule has 28 heavy (non-hydrogen) atoms. The molecular weight excluding hydrogens is 394 g/mol. The van der Waals surface area contributed by atoms with E-state index in [4.69, 9.17) is 4.74 Å². The van der Waals surface area contributed by atoms with Crippen molar-refractivity contribution in [3.63, 3.8) is 0 Å². The molecule has 1 aliphatic heterocycles. The van der Waals surface area contributed by atoms with Gasteiger partial charge in [0.2, 0.25) is 15.9 Å². The summed E-state index contributed by atoms with van der Waals surface area (Å²) in [4.78, 5) is 14.2. The van der Waals surface area contributed by atoms with Crippen molar-refractivity contribution in [2.45, 2.75) is 31.9 Å². The third-order valence-corrected chi connectivity index (χ3v) is 5.00. The zero-order valence-electron chi connectivity index (χ0n) is 15.7. The fourth-order valence-electron chi connectivity index (χ4n) is 2.99. The molecule has 1 amide bonds. The third kappa shape index (κ3) is 6.75. The summed E-state index contributed by atoms with van der Waals surface area (Å²) in [7, 11) is -2.00. The number of hydrogen-bond donors (Lipinski definition) is 1. The summed E-state index contributed by atoms with van der Waals surface area (Å²) in [5.74, 6) is -0.209. The van der Waals surface area contributed by atoms with Crippen molar-refractivity contribution in [1.29, 1.82) is 0 Å². The number of likely N-dealkylation sites (tertiary alicyclic amines) is 1. The van der Waals surface area contributed by atoms with Gasteiger partial charge in [-0.15, -0.1) is 0 Å². The van der Waals surface area contributed by atoms with E-state index in [-0.39, 0.29) is 30.0 Å². The number of halogens is 2. The van der Waals surface area contributed by atoms with Crippen molar-refractivity contribution in [3.8, 4) is 11.5 Å². The van der Waals surface area contributed by atoms with Crippen LogP contribution in [0.1, 0.15) is 24.8 Å². The smallest absolute Gasteiger partial charge is 0.387 e. The van der Waals surface area contributed by atoms with Crippen LogP contribution in [-0.4, -0.2) is 58.3 Å². The molecule has 10 heteroatoms. The fraction of sp³-hybridized carbons (Fsp3) is 0.500. The molecule has 2 rings (SSSR count). The van der Waals surface area contributed by atoms with Gasteiger partial charge in [0.25, 0.3) is 0 Å². The summed E-state index contributed by atoms with van der Waals surface area (Å²) in [6.45, 7) is -2.25. The lowest BCUT2D eigenvalue weighted by Gasteiger charge is -2.35. The molecular formula is C18H24F2N2O5S. The number of ether oxygens (including phenoxy) is 2. The van der Waals surface area contributed by atoms with Crippen molar-refractivity contribution in [2.24, 2.45) is 0 Å². The number of sulfonamides is 1. The Bertz CT molecular complexity index is 814. The highest BCUT2D eigenvalue weighted by atomic mass is 32.2. The van der Waals surface area contributed by atoms with Crippen molar-refractivity contribution in [1.82, 2.24) is 9.62 Å². The van der Waals surface area contributed by atoms with Gasteiger partial charge in [-0.2, -0.15) is 8.78 Å². The van der Waals surface area contributed by atoms with Crippen LogP contribution < -0.4 is 14.2 Å². The highest BCUT2D eigenvalue weighted by Gasteiger charge is 2.26. The van der Waals surface area contributed by atoms with E-state index in [1.807, 2.05) is 0 Å². The number of piperidine rings is 1.